The van der Waals surface area contributed by atoms with Crippen LogP contribution >= 0.6 is 31.9 Å². The van der Waals surface area contributed by atoms with E-state index in [0.29, 0.717) is 22.3 Å². The van der Waals surface area contributed by atoms with E-state index in [1.807, 2.05) is 18.2 Å². The number of hydrogen-bond acceptors (Lipinski definition) is 4. The van der Waals surface area contributed by atoms with Gasteiger partial charge in [-0.25, -0.2) is 9.59 Å². The molecule has 0 amide bonds. The van der Waals surface area contributed by atoms with Gasteiger partial charge in [0.25, 0.3) is 0 Å². The van der Waals surface area contributed by atoms with E-state index in [2.05, 4.69) is 31.9 Å². The molecule has 4 nitrogen and oxygen atoms in total. The molecule has 0 radical (unpaired) electrons. The Bertz CT molecular complexity index is 790. The summed E-state index contributed by atoms with van der Waals surface area (Å²) >= 11 is 7.13. The lowest BCUT2D eigenvalue weighted by atomic mass is 9.96. The molecule has 1 aliphatic heterocycles. The normalized spacial score (nSPS) is 20.6. The summed E-state index contributed by atoms with van der Waals surface area (Å²) in [5.41, 5.74) is 2.30. The number of benzene rings is 2. The number of carbonyl (C=O) groups excluding carboxylic acids is 2. The fourth-order valence-electron chi connectivity index (χ4n) is 2.61. The first-order chi connectivity index (χ1) is 11.0. The van der Waals surface area contributed by atoms with Gasteiger partial charge in [-0.3, -0.25) is 0 Å². The number of cyclic esters (lactones) is 1. The van der Waals surface area contributed by atoms with Crippen molar-refractivity contribution in [3.05, 3.63) is 70.8 Å². The van der Waals surface area contributed by atoms with Gasteiger partial charge in [0.15, 0.2) is 0 Å². The lowest BCUT2D eigenvalue weighted by molar-refractivity contribution is 0.0307. The summed E-state index contributed by atoms with van der Waals surface area (Å²) in [6.45, 7) is 0. The highest BCUT2D eigenvalue weighted by Crippen LogP contribution is 2.54. The number of rotatable bonds is 3. The summed E-state index contributed by atoms with van der Waals surface area (Å²) in [7, 11) is 1.33. The van der Waals surface area contributed by atoms with Crippen molar-refractivity contribution in [1.29, 1.82) is 0 Å². The van der Waals surface area contributed by atoms with E-state index in [0.717, 1.165) is 0 Å². The smallest absolute Gasteiger partial charge is 0.340 e. The number of ether oxygens (including phenoxy) is 2. The SMILES string of the molecule is COC(=O)c1ccccc1C(Br)C1(Br)OC(=O)c2ccccc21. The molecular weight excluding hydrogens is 428 g/mol. The Morgan fingerprint density at radius 1 is 1.17 bits per heavy atom. The maximum Gasteiger partial charge on any atom is 0.340 e. The molecule has 0 fully saturated rings. The minimum Gasteiger partial charge on any atom is -0.465 e. The van der Waals surface area contributed by atoms with Gasteiger partial charge in [0.2, 0.25) is 4.51 Å². The molecule has 3 rings (SSSR count). The van der Waals surface area contributed by atoms with Crippen LogP contribution < -0.4 is 0 Å². The highest BCUT2D eigenvalue weighted by atomic mass is 79.9. The van der Waals surface area contributed by atoms with Crippen LogP contribution in [0.5, 0.6) is 0 Å². The molecule has 1 aliphatic rings. The van der Waals surface area contributed by atoms with Crippen LogP contribution in [-0.4, -0.2) is 19.0 Å². The van der Waals surface area contributed by atoms with E-state index >= 15 is 0 Å². The summed E-state index contributed by atoms with van der Waals surface area (Å²) < 4.78 is 9.32. The van der Waals surface area contributed by atoms with E-state index in [1.165, 1.54) is 7.11 Å². The molecule has 23 heavy (non-hydrogen) atoms. The monoisotopic (exact) mass is 438 g/mol. The molecule has 0 aliphatic carbocycles. The van der Waals surface area contributed by atoms with Gasteiger partial charge < -0.3 is 9.47 Å². The predicted octanol–water partition coefficient (Wildman–Crippen LogP) is 4.33. The van der Waals surface area contributed by atoms with Crippen LogP contribution in [0.2, 0.25) is 0 Å². The summed E-state index contributed by atoms with van der Waals surface area (Å²) in [6.07, 6.45) is 0. The van der Waals surface area contributed by atoms with Crippen molar-refractivity contribution in [2.75, 3.05) is 7.11 Å². The molecule has 2 aromatic carbocycles. The first-order valence-corrected chi connectivity index (χ1v) is 8.53. The Morgan fingerprint density at radius 3 is 2.57 bits per heavy atom. The summed E-state index contributed by atoms with van der Waals surface area (Å²) in [5, 5.41) is 0. The average Bonchev–Trinajstić information content (AvgIpc) is 2.86. The number of methoxy groups -OCH3 is 1. The van der Waals surface area contributed by atoms with Gasteiger partial charge in [-0.05, 0) is 33.6 Å². The zero-order valence-electron chi connectivity index (χ0n) is 12.1. The van der Waals surface area contributed by atoms with Crippen molar-refractivity contribution in [3.63, 3.8) is 0 Å². The quantitative estimate of drug-likeness (QED) is 0.527. The zero-order chi connectivity index (χ0) is 16.6. The molecule has 6 heteroatoms. The van der Waals surface area contributed by atoms with Crippen LogP contribution in [0.3, 0.4) is 0 Å². The van der Waals surface area contributed by atoms with E-state index in [9.17, 15) is 9.59 Å². The van der Waals surface area contributed by atoms with E-state index < -0.39 is 21.3 Å². The lowest BCUT2D eigenvalue weighted by Gasteiger charge is -2.28. The van der Waals surface area contributed by atoms with Crippen LogP contribution in [0, 0.1) is 0 Å². The topological polar surface area (TPSA) is 52.6 Å². The van der Waals surface area contributed by atoms with Gasteiger partial charge in [-0.2, -0.15) is 0 Å². The van der Waals surface area contributed by atoms with Crippen LogP contribution in [0.15, 0.2) is 48.5 Å². The van der Waals surface area contributed by atoms with E-state index in [1.54, 1.807) is 30.3 Å². The molecule has 0 saturated carbocycles. The Kier molecular flexibility index (Phi) is 4.29. The average molecular weight is 440 g/mol. The maximum absolute atomic E-state index is 12.1. The minimum absolute atomic E-state index is 0.405. The summed E-state index contributed by atoms with van der Waals surface area (Å²) in [4.78, 5) is 23.7. The molecule has 118 valence electrons. The fourth-order valence-corrected chi connectivity index (χ4v) is 4.08. The van der Waals surface area contributed by atoms with E-state index in [-0.39, 0.29) is 0 Å². The lowest BCUT2D eigenvalue weighted by Crippen LogP contribution is -2.25. The van der Waals surface area contributed by atoms with Gasteiger partial charge in [0.05, 0.1) is 23.1 Å². The second-order valence-electron chi connectivity index (χ2n) is 5.02. The van der Waals surface area contributed by atoms with Gasteiger partial charge in [0.1, 0.15) is 0 Å². The summed E-state index contributed by atoms with van der Waals surface area (Å²) in [5.74, 6) is -0.851. The number of hydrogen-bond donors (Lipinski definition) is 0. The van der Waals surface area contributed by atoms with Crippen molar-refractivity contribution >= 4 is 43.8 Å². The molecule has 0 spiro atoms. The third kappa shape index (κ3) is 2.60. The van der Waals surface area contributed by atoms with Crippen molar-refractivity contribution < 1.29 is 19.1 Å². The van der Waals surface area contributed by atoms with Crippen LogP contribution in [0.1, 0.15) is 36.7 Å². The van der Waals surface area contributed by atoms with Gasteiger partial charge in [-0.15, -0.1) is 0 Å². The molecule has 0 saturated heterocycles. The third-order valence-corrected chi connectivity index (χ3v) is 6.52. The highest BCUT2D eigenvalue weighted by Gasteiger charge is 2.49. The number of halogens is 2. The van der Waals surface area contributed by atoms with Crippen molar-refractivity contribution in [3.8, 4) is 0 Å². The Morgan fingerprint density at radius 2 is 1.83 bits per heavy atom. The van der Waals surface area contributed by atoms with Crippen LogP contribution in [-0.2, 0) is 14.0 Å². The van der Waals surface area contributed by atoms with Crippen molar-refractivity contribution in [2.24, 2.45) is 0 Å². The van der Waals surface area contributed by atoms with Crippen molar-refractivity contribution in [1.82, 2.24) is 0 Å². The first-order valence-electron chi connectivity index (χ1n) is 6.82. The van der Waals surface area contributed by atoms with E-state index in [4.69, 9.17) is 9.47 Å². The summed E-state index contributed by atoms with van der Waals surface area (Å²) in [6, 6.07) is 14.2. The number of alkyl halides is 2. The predicted molar refractivity (Wildman–Crippen MR) is 91.9 cm³/mol. The Labute approximate surface area is 150 Å². The Balaban J connectivity index is 2.10. The molecular formula is C17H12Br2O4. The molecule has 2 aromatic rings. The minimum atomic E-state index is -1.09. The van der Waals surface area contributed by atoms with Crippen LogP contribution in [0.4, 0.5) is 0 Å². The third-order valence-electron chi connectivity index (χ3n) is 3.72. The molecule has 0 bridgehead atoms. The fraction of sp³-hybridized carbons (Fsp3) is 0.176. The Hall–Kier alpha value is -1.66. The van der Waals surface area contributed by atoms with Crippen molar-refractivity contribution in [2.45, 2.75) is 9.34 Å². The second-order valence-corrected chi connectivity index (χ2v) is 7.12. The molecule has 0 N–H and O–H groups in total. The number of fused-ring (bicyclic) bond motifs is 1. The van der Waals surface area contributed by atoms with Gasteiger partial charge in [-0.1, -0.05) is 52.3 Å². The second kappa shape index (κ2) is 6.09. The molecule has 1 heterocycles. The standard InChI is InChI=1S/C17H12Br2O4/c1-22-15(20)11-7-3-2-6-10(11)14(18)17(19)13-9-5-4-8-12(13)16(21)23-17/h2-9,14H,1H3. The maximum atomic E-state index is 12.1. The number of esters is 2. The highest BCUT2D eigenvalue weighted by molar-refractivity contribution is 9.12. The largest absolute Gasteiger partial charge is 0.465 e. The molecule has 2 unspecified atom stereocenters. The zero-order valence-corrected chi connectivity index (χ0v) is 15.3. The van der Waals surface area contributed by atoms with Gasteiger partial charge >= 0.3 is 11.9 Å². The van der Waals surface area contributed by atoms with Crippen LogP contribution in [0.25, 0.3) is 0 Å². The molecule has 2 atom stereocenters. The van der Waals surface area contributed by atoms with Gasteiger partial charge in [0, 0.05) is 5.56 Å². The molecule has 0 aromatic heterocycles. The number of carbonyl (C=O) groups is 2. The first kappa shape index (κ1) is 16.2.